The molecule has 20 heavy (non-hydrogen) atoms. The van der Waals surface area contributed by atoms with Gasteiger partial charge in [-0.3, -0.25) is 0 Å². The molecule has 2 aromatic rings. The van der Waals surface area contributed by atoms with Crippen molar-refractivity contribution in [2.75, 3.05) is 11.4 Å². The molecule has 0 bridgehead atoms. The van der Waals surface area contributed by atoms with Crippen LogP contribution in [-0.4, -0.2) is 6.54 Å². The van der Waals surface area contributed by atoms with Crippen LogP contribution in [0.2, 0.25) is 0 Å². The van der Waals surface area contributed by atoms with Crippen molar-refractivity contribution in [3.63, 3.8) is 0 Å². The molecule has 0 radical (unpaired) electrons. The number of nitrogens with zero attached hydrogens (tertiary/aromatic N) is 1. The first-order valence-corrected chi connectivity index (χ1v) is 7.32. The molecule has 0 aliphatic heterocycles. The van der Waals surface area contributed by atoms with E-state index in [-0.39, 0.29) is 0 Å². The minimum absolute atomic E-state index is 0.963. The lowest BCUT2D eigenvalue weighted by Crippen LogP contribution is -2.21. The van der Waals surface area contributed by atoms with E-state index in [0.29, 0.717) is 0 Å². The number of hydrogen-bond acceptors (Lipinski definition) is 1. The molecule has 0 fully saturated rings. The monoisotopic (exact) mass is 265 g/mol. The first-order valence-electron chi connectivity index (χ1n) is 7.32. The lowest BCUT2D eigenvalue weighted by atomic mass is 10.1. The molecule has 1 nitrogen and oxygen atoms in total. The van der Waals surface area contributed by atoms with Gasteiger partial charge in [-0.2, -0.15) is 0 Å². The van der Waals surface area contributed by atoms with Crippen LogP contribution in [0.3, 0.4) is 0 Å². The Balaban J connectivity index is 2.14. The second-order valence-electron chi connectivity index (χ2n) is 4.94. The summed E-state index contributed by atoms with van der Waals surface area (Å²) in [6.07, 6.45) is 5.31. The van der Waals surface area contributed by atoms with Gasteiger partial charge in [0, 0.05) is 18.8 Å². The number of anilines is 1. The molecule has 0 amide bonds. The van der Waals surface area contributed by atoms with Crippen molar-refractivity contribution in [2.24, 2.45) is 0 Å². The second kappa shape index (κ2) is 7.54. The van der Waals surface area contributed by atoms with E-state index in [9.17, 15) is 0 Å². The smallest absolute Gasteiger partial charge is 0.0429 e. The molecule has 0 saturated heterocycles. The highest BCUT2D eigenvalue weighted by molar-refractivity contribution is 5.49. The zero-order chi connectivity index (χ0) is 14.2. The van der Waals surface area contributed by atoms with Gasteiger partial charge >= 0.3 is 0 Å². The third-order valence-corrected chi connectivity index (χ3v) is 3.46. The third kappa shape index (κ3) is 3.99. The van der Waals surface area contributed by atoms with Crippen LogP contribution in [0.4, 0.5) is 5.69 Å². The van der Waals surface area contributed by atoms with Crippen LogP contribution < -0.4 is 4.90 Å². The molecule has 0 atom stereocenters. The van der Waals surface area contributed by atoms with Gasteiger partial charge in [-0.1, -0.05) is 54.6 Å². The Kier molecular flexibility index (Phi) is 5.43. The van der Waals surface area contributed by atoms with Crippen molar-refractivity contribution in [3.05, 3.63) is 77.9 Å². The van der Waals surface area contributed by atoms with Crippen LogP contribution in [-0.2, 0) is 13.0 Å². The largest absolute Gasteiger partial charge is 0.367 e. The van der Waals surface area contributed by atoms with E-state index in [4.69, 9.17) is 0 Å². The molecule has 0 aliphatic rings. The van der Waals surface area contributed by atoms with Gasteiger partial charge in [0.15, 0.2) is 0 Å². The molecule has 0 spiro atoms. The topological polar surface area (TPSA) is 3.24 Å². The summed E-state index contributed by atoms with van der Waals surface area (Å²) < 4.78 is 0. The van der Waals surface area contributed by atoms with E-state index in [1.54, 1.807) is 0 Å². The van der Waals surface area contributed by atoms with Crippen LogP contribution in [0.15, 0.2) is 66.7 Å². The fourth-order valence-corrected chi connectivity index (χ4v) is 2.32. The van der Waals surface area contributed by atoms with Gasteiger partial charge in [-0.15, -0.1) is 0 Å². The minimum atomic E-state index is 0.963. The first kappa shape index (κ1) is 14.4. The number of hydrogen-bond donors (Lipinski definition) is 0. The SMILES string of the molecule is CC=CCc1cccc(N(CC)Cc2ccccc2)c1. The maximum absolute atomic E-state index is 2.41. The predicted octanol–water partition coefficient (Wildman–Crippen LogP) is 4.83. The van der Waals surface area contributed by atoms with Gasteiger partial charge in [0.1, 0.15) is 0 Å². The van der Waals surface area contributed by atoms with Crippen LogP contribution in [0.1, 0.15) is 25.0 Å². The molecule has 2 aromatic carbocycles. The normalized spacial score (nSPS) is 10.9. The molecule has 0 N–H and O–H groups in total. The summed E-state index contributed by atoms with van der Waals surface area (Å²) in [4.78, 5) is 2.41. The van der Waals surface area contributed by atoms with Crippen molar-refractivity contribution >= 4 is 5.69 Å². The van der Waals surface area contributed by atoms with Gasteiger partial charge in [0.2, 0.25) is 0 Å². The number of rotatable bonds is 6. The lowest BCUT2D eigenvalue weighted by Gasteiger charge is -2.23. The average Bonchev–Trinajstić information content (AvgIpc) is 2.52. The van der Waals surface area contributed by atoms with Crippen molar-refractivity contribution in [1.82, 2.24) is 0 Å². The lowest BCUT2D eigenvalue weighted by molar-refractivity contribution is 0.831. The molecule has 104 valence electrons. The highest BCUT2D eigenvalue weighted by Gasteiger charge is 2.05. The highest BCUT2D eigenvalue weighted by Crippen LogP contribution is 2.19. The van der Waals surface area contributed by atoms with E-state index < -0.39 is 0 Å². The Bertz CT molecular complexity index is 543. The van der Waals surface area contributed by atoms with Crippen molar-refractivity contribution in [2.45, 2.75) is 26.8 Å². The zero-order valence-corrected chi connectivity index (χ0v) is 12.4. The fraction of sp³-hybridized carbons (Fsp3) is 0.263. The van der Waals surface area contributed by atoms with E-state index >= 15 is 0 Å². The van der Waals surface area contributed by atoms with Crippen LogP contribution >= 0.6 is 0 Å². The highest BCUT2D eigenvalue weighted by atomic mass is 15.1. The Morgan fingerprint density at radius 1 is 0.950 bits per heavy atom. The number of allylic oxidation sites excluding steroid dienone is 2. The van der Waals surface area contributed by atoms with Crippen molar-refractivity contribution < 1.29 is 0 Å². The van der Waals surface area contributed by atoms with Crippen molar-refractivity contribution in [3.8, 4) is 0 Å². The third-order valence-electron chi connectivity index (χ3n) is 3.46. The Labute approximate surface area is 122 Å². The molecule has 0 aliphatic carbocycles. The van der Waals surface area contributed by atoms with E-state index in [0.717, 1.165) is 19.5 Å². The summed E-state index contributed by atoms with van der Waals surface area (Å²) in [6.45, 7) is 6.26. The molecule has 1 heteroatoms. The van der Waals surface area contributed by atoms with Gasteiger partial charge in [-0.25, -0.2) is 0 Å². The summed E-state index contributed by atoms with van der Waals surface area (Å²) in [5.74, 6) is 0. The molecule has 0 unspecified atom stereocenters. The Morgan fingerprint density at radius 3 is 2.40 bits per heavy atom. The molecule has 0 heterocycles. The number of benzene rings is 2. The molecular formula is C19H23N. The average molecular weight is 265 g/mol. The maximum Gasteiger partial charge on any atom is 0.0429 e. The summed E-state index contributed by atoms with van der Waals surface area (Å²) in [7, 11) is 0. The zero-order valence-electron chi connectivity index (χ0n) is 12.4. The predicted molar refractivity (Wildman–Crippen MR) is 88.1 cm³/mol. The van der Waals surface area contributed by atoms with E-state index in [1.807, 2.05) is 0 Å². The maximum atomic E-state index is 2.41. The Morgan fingerprint density at radius 2 is 1.70 bits per heavy atom. The van der Waals surface area contributed by atoms with Crippen LogP contribution in [0, 0.1) is 0 Å². The molecule has 0 saturated carbocycles. The quantitative estimate of drug-likeness (QED) is 0.676. The fourth-order valence-electron chi connectivity index (χ4n) is 2.32. The summed E-state index contributed by atoms with van der Waals surface area (Å²) in [5.41, 5.74) is 4.03. The molecular weight excluding hydrogens is 242 g/mol. The summed E-state index contributed by atoms with van der Waals surface area (Å²) in [5, 5.41) is 0. The van der Waals surface area contributed by atoms with Gasteiger partial charge in [0.25, 0.3) is 0 Å². The van der Waals surface area contributed by atoms with E-state index in [2.05, 4.69) is 85.5 Å². The van der Waals surface area contributed by atoms with Gasteiger partial charge < -0.3 is 4.90 Å². The summed E-state index contributed by atoms with van der Waals surface area (Å²) in [6, 6.07) is 19.5. The minimum Gasteiger partial charge on any atom is -0.367 e. The molecule has 2 rings (SSSR count). The second-order valence-corrected chi connectivity index (χ2v) is 4.94. The van der Waals surface area contributed by atoms with Crippen LogP contribution in [0.25, 0.3) is 0 Å². The van der Waals surface area contributed by atoms with Gasteiger partial charge in [0.05, 0.1) is 0 Å². The van der Waals surface area contributed by atoms with E-state index in [1.165, 1.54) is 16.8 Å². The van der Waals surface area contributed by atoms with Crippen LogP contribution in [0.5, 0.6) is 0 Å². The Hall–Kier alpha value is -2.02. The molecule has 0 aromatic heterocycles. The van der Waals surface area contributed by atoms with Gasteiger partial charge in [-0.05, 0) is 43.5 Å². The summed E-state index contributed by atoms with van der Waals surface area (Å²) >= 11 is 0. The van der Waals surface area contributed by atoms with Crippen molar-refractivity contribution in [1.29, 1.82) is 0 Å². The standard InChI is InChI=1S/C19H23N/c1-3-5-10-17-13-9-14-19(15-17)20(4-2)16-18-11-7-6-8-12-18/h3,5-9,11-15H,4,10,16H2,1-2H3. The first-order chi connectivity index (χ1) is 9.83.